The first-order valence-electron chi connectivity index (χ1n) is 12.3. The van der Waals surface area contributed by atoms with Crippen LogP contribution in [0.4, 0.5) is 18.9 Å². The minimum absolute atomic E-state index is 0.486. The lowest BCUT2D eigenvalue weighted by Gasteiger charge is -2.28. The van der Waals surface area contributed by atoms with Gasteiger partial charge in [0.05, 0.1) is 7.11 Å². The maximum atomic E-state index is 14.0. The van der Waals surface area contributed by atoms with Crippen LogP contribution in [0.2, 0.25) is 0 Å². The average molecular weight is 525 g/mol. The zero-order valence-corrected chi connectivity index (χ0v) is 22.0. The number of nitriles is 3. The molecule has 1 unspecified atom stereocenters. The fraction of sp³-hybridized carbons (Fsp3) is 0.414. The van der Waals surface area contributed by atoms with E-state index in [0.29, 0.717) is 5.75 Å². The van der Waals surface area contributed by atoms with Crippen LogP contribution in [-0.2, 0) is 4.74 Å². The number of hydrogen-bond acceptors (Lipinski definition) is 6. The van der Waals surface area contributed by atoms with Crippen molar-refractivity contribution in [3.63, 3.8) is 0 Å². The Morgan fingerprint density at radius 3 is 2.16 bits per heavy atom. The maximum Gasteiger partial charge on any atom is 0.432 e. The van der Waals surface area contributed by atoms with Crippen LogP contribution in [0.3, 0.4) is 0 Å². The zero-order chi connectivity index (χ0) is 28.3. The Balaban J connectivity index is 2.43. The van der Waals surface area contributed by atoms with Gasteiger partial charge >= 0.3 is 6.18 Å². The van der Waals surface area contributed by atoms with Crippen LogP contribution in [0.15, 0.2) is 58.9 Å². The Kier molecular flexibility index (Phi) is 10.6. The molecule has 1 aromatic carbocycles. The van der Waals surface area contributed by atoms with Gasteiger partial charge in [-0.05, 0) is 31.9 Å². The van der Waals surface area contributed by atoms with E-state index in [0.717, 1.165) is 63.0 Å². The predicted molar refractivity (Wildman–Crippen MR) is 140 cm³/mol. The number of rotatable bonds is 11. The van der Waals surface area contributed by atoms with Crippen molar-refractivity contribution >= 4 is 11.8 Å². The number of unbranched alkanes of at least 4 members (excludes halogenated alkanes) is 2. The molecule has 0 amide bonds. The van der Waals surface area contributed by atoms with E-state index in [9.17, 15) is 18.4 Å². The Bertz CT molecular complexity index is 1230. The molecule has 0 fully saturated rings. The van der Waals surface area contributed by atoms with Crippen molar-refractivity contribution in [1.82, 2.24) is 0 Å². The first-order chi connectivity index (χ1) is 18.1. The van der Waals surface area contributed by atoms with E-state index in [2.05, 4.69) is 18.7 Å². The highest BCUT2D eigenvalue weighted by atomic mass is 19.4. The lowest BCUT2D eigenvalue weighted by molar-refractivity contribution is -0.236. The summed E-state index contributed by atoms with van der Waals surface area (Å²) in [4.78, 5) is 2.32. The minimum atomic E-state index is -4.91. The number of hydrogen-bond donors (Lipinski definition) is 0. The molecule has 38 heavy (non-hydrogen) atoms. The normalized spacial score (nSPS) is 17.3. The molecule has 1 atom stereocenters. The fourth-order valence-corrected chi connectivity index (χ4v) is 3.95. The number of benzene rings is 1. The average Bonchev–Trinajstić information content (AvgIpc) is 3.19. The van der Waals surface area contributed by atoms with Crippen molar-refractivity contribution in [3.05, 3.63) is 64.5 Å². The fourth-order valence-electron chi connectivity index (χ4n) is 3.95. The molecule has 0 spiro atoms. The summed E-state index contributed by atoms with van der Waals surface area (Å²) in [7, 11) is 1.55. The van der Waals surface area contributed by atoms with Crippen molar-refractivity contribution < 1.29 is 22.6 Å². The van der Waals surface area contributed by atoms with Gasteiger partial charge in [-0.1, -0.05) is 51.0 Å². The van der Waals surface area contributed by atoms with Gasteiger partial charge in [0.2, 0.25) is 5.60 Å². The second-order valence-electron chi connectivity index (χ2n) is 8.80. The van der Waals surface area contributed by atoms with E-state index in [1.807, 2.05) is 18.2 Å². The summed E-state index contributed by atoms with van der Waals surface area (Å²) in [6.07, 6.45) is 5.07. The summed E-state index contributed by atoms with van der Waals surface area (Å²) in [6.45, 7) is 6.92. The summed E-state index contributed by atoms with van der Waals surface area (Å²) in [5, 5.41) is 27.8. The molecular formula is C29H31F3N4O2. The van der Waals surface area contributed by atoms with Crippen LogP contribution in [0.1, 0.15) is 52.0 Å². The lowest BCUT2D eigenvalue weighted by Crippen LogP contribution is -2.43. The van der Waals surface area contributed by atoms with Crippen LogP contribution >= 0.6 is 0 Å². The van der Waals surface area contributed by atoms with E-state index < -0.39 is 34.3 Å². The summed E-state index contributed by atoms with van der Waals surface area (Å²) in [5.41, 5.74) is -2.83. The van der Waals surface area contributed by atoms with Gasteiger partial charge < -0.3 is 14.4 Å². The van der Waals surface area contributed by atoms with E-state index in [1.54, 1.807) is 19.3 Å². The third-order valence-electron chi connectivity index (χ3n) is 6.22. The number of anilines is 1. The molecule has 200 valence electrons. The third-order valence-corrected chi connectivity index (χ3v) is 6.22. The number of nitrogens with zero attached hydrogens (tertiary/aromatic N) is 4. The van der Waals surface area contributed by atoms with Crippen LogP contribution in [-0.4, -0.2) is 32.0 Å². The van der Waals surface area contributed by atoms with Gasteiger partial charge in [0.15, 0.2) is 11.3 Å². The van der Waals surface area contributed by atoms with E-state index in [1.165, 1.54) is 24.3 Å². The van der Waals surface area contributed by atoms with Crippen molar-refractivity contribution in [2.24, 2.45) is 0 Å². The molecule has 1 aliphatic rings. The molecule has 0 radical (unpaired) electrons. The monoisotopic (exact) mass is 524 g/mol. The topological polar surface area (TPSA) is 93.1 Å². The number of allylic oxidation sites excluding steroid dienone is 4. The molecule has 0 aromatic heterocycles. The van der Waals surface area contributed by atoms with Crippen molar-refractivity contribution in [2.45, 2.75) is 58.2 Å². The summed E-state index contributed by atoms with van der Waals surface area (Å²) in [5.74, 6) is -0.0572. The zero-order valence-electron chi connectivity index (χ0n) is 22.0. The quantitative estimate of drug-likeness (QED) is 0.226. The highest BCUT2D eigenvalue weighted by Gasteiger charge is 2.60. The summed E-state index contributed by atoms with van der Waals surface area (Å²) < 4.78 is 52.4. The smallest absolute Gasteiger partial charge is 0.432 e. The van der Waals surface area contributed by atoms with Crippen LogP contribution in [0, 0.1) is 34.0 Å². The Morgan fingerprint density at radius 1 is 1.05 bits per heavy atom. The van der Waals surface area contributed by atoms with Gasteiger partial charge in [0.25, 0.3) is 0 Å². The Morgan fingerprint density at radius 2 is 1.66 bits per heavy atom. The van der Waals surface area contributed by atoms with Crippen LogP contribution in [0.25, 0.3) is 6.08 Å². The van der Waals surface area contributed by atoms with Crippen molar-refractivity contribution in [3.8, 4) is 24.0 Å². The summed E-state index contributed by atoms with van der Waals surface area (Å²) >= 11 is 0. The number of alkyl halides is 3. The van der Waals surface area contributed by atoms with Crippen LogP contribution < -0.4 is 9.64 Å². The standard InChI is InChI=1S/C29H31F3N4O2/c1-5-7-15-36(16-8-6-2)23-14-13-21(26(17-23)37-4)11-9-10-12-25-24(20-35)27(22(18-33)19-34)38-28(25,3)29(30,31)32/h9-14,17H,5-8,15-16H2,1-4H3/b11-9+,12-10+. The van der Waals surface area contributed by atoms with Crippen molar-refractivity contribution in [2.75, 3.05) is 25.1 Å². The largest absolute Gasteiger partial charge is 0.496 e. The number of methoxy groups -OCH3 is 1. The number of halogens is 3. The highest BCUT2D eigenvalue weighted by Crippen LogP contribution is 2.49. The number of ether oxygens (including phenoxy) is 2. The van der Waals surface area contributed by atoms with E-state index in [-0.39, 0.29) is 0 Å². The molecule has 0 aliphatic carbocycles. The molecule has 9 heteroatoms. The molecule has 1 aliphatic heterocycles. The summed E-state index contributed by atoms with van der Waals surface area (Å²) in [6, 6.07) is 10.5. The molecule has 0 bridgehead atoms. The third kappa shape index (κ3) is 6.58. The second-order valence-corrected chi connectivity index (χ2v) is 8.80. The SMILES string of the molecule is CCCCN(CCCC)c1ccc(/C=C/C=C/C2=C(C#N)C(=C(C#N)C#N)OC2(C)C(F)(F)F)c(OC)c1. The lowest BCUT2D eigenvalue weighted by atomic mass is 9.92. The second kappa shape index (κ2) is 13.4. The van der Waals surface area contributed by atoms with Crippen LogP contribution in [0.5, 0.6) is 5.75 Å². The molecule has 6 nitrogen and oxygen atoms in total. The predicted octanol–water partition coefficient (Wildman–Crippen LogP) is 7.14. The van der Waals surface area contributed by atoms with Crippen molar-refractivity contribution in [1.29, 1.82) is 15.8 Å². The maximum absolute atomic E-state index is 14.0. The molecule has 1 aromatic rings. The molecule has 0 N–H and O–H groups in total. The van der Waals surface area contributed by atoms with Gasteiger partial charge in [-0.2, -0.15) is 29.0 Å². The first-order valence-corrected chi connectivity index (χ1v) is 12.3. The van der Waals surface area contributed by atoms with Gasteiger partial charge in [0, 0.05) is 36.0 Å². The molecule has 1 heterocycles. The molecule has 0 saturated heterocycles. The highest BCUT2D eigenvalue weighted by molar-refractivity contribution is 5.65. The Hall–Kier alpha value is -4.16. The van der Waals surface area contributed by atoms with Gasteiger partial charge in [-0.3, -0.25) is 0 Å². The van der Waals surface area contributed by atoms with Gasteiger partial charge in [0.1, 0.15) is 29.5 Å². The minimum Gasteiger partial charge on any atom is -0.496 e. The molecule has 2 rings (SSSR count). The van der Waals surface area contributed by atoms with Gasteiger partial charge in [-0.25, -0.2) is 0 Å². The van der Waals surface area contributed by atoms with E-state index in [4.69, 9.17) is 20.0 Å². The Labute approximate surface area is 222 Å². The van der Waals surface area contributed by atoms with E-state index >= 15 is 0 Å². The first kappa shape index (κ1) is 30.1. The van der Waals surface area contributed by atoms with Gasteiger partial charge in [-0.15, -0.1) is 0 Å². The molecular weight excluding hydrogens is 493 g/mol. The molecule has 0 saturated carbocycles.